The lowest BCUT2D eigenvalue weighted by molar-refractivity contribution is -0.146. The first-order valence-corrected chi connectivity index (χ1v) is 10.2. The van der Waals surface area contributed by atoms with Gasteiger partial charge >= 0.3 is 12.1 Å². The first kappa shape index (κ1) is 24.2. The van der Waals surface area contributed by atoms with Crippen LogP contribution in [0.25, 0.3) is 0 Å². The van der Waals surface area contributed by atoms with E-state index in [1.807, 2.05) is 0 Å². The van der Waals surface area contributed by atoms with E-state index in [0.717, 1.165) is 18.2 Å². The van der Waals surface area contributed by atoms with Crippen LogP contribution in [0.2, 0.25) is 5.02 Å². The Morgan fingerprint density at radius 2 is 1.73 bits per heavy atom. The van der Waals surface area contributed by atoms with Crippen LogP contribution in [0, 0.1) is 17.8 Å². The Hall–Kier alpha value is -3.40. The lowest BCUT2D eigenvalue weighted by Gasteiger charge is -2.10. The number of hydrogen-bond donors (Lipinski definition) is 2. The minimum Gasteiger partial charge on any atom is -0.466 e. The Balaban J connectivity index is 1.69. The SMILES string of the molecule is CCOC(=O)[C@H]1[C@@H](C(=O)N/N=C\c2ccc(Cl)cc2)[C@@H]1C(=O)Nc1cccc(C(F)(F)F)c1. The lowest BCUT2D eigenvalue weighted by Crippen LogP contribution is -2.24. The van der Waals surface area contributed by atoms with Crippen LogP contribution in [0.5, 0.6) is 0 Å². The van der Waals surface area contributed by atoms with E-state index >= 15 is 0 Å². The summed E-state index contributed by atoms with van der Waals surface area (Å²) in [6.45, 7) is 1.61. The fourth-order valence-corrected chi connectivity index (χ4v) is 3.41. The summed E-state index contributed by atoms with van der Waals surface area (Å²) in [4.78, 5) is 37.4. The fraction of sp³-hybridized carbons (Fsp3) is 0.273. The van der Waals surface area contributed by atoms with Crippen molar-refractivity contribution in [3.8, 4) is 0 Å². The number of alkyl halides is 3. The zero-order chi connectivity index (χ0) is 24.2. The Morgan fingerprint density at radius 1 is 1.06 bits per heavy atom. The maximum absolute atomic E-state index is 12.9. The zero-order valence-electron chi connectivity index (χ0n) is 17.2. The van der Waals surface area contributed by atoms with Crippen molar-refractivity contribution in [3.63, 3.8) is 0 Å². The number of amides is 2. The topological polar surface area (TPSA) is 96.9 Å². The summed E-state index contributed by atoms with van der Waals surface area (Å²) in [5.41, 5.74) is 1.87. The normalized spacial score (nSPS) is 19.7. The molecule has 0 heterocycles. The van der Waals surface area contributed by atoms with Gasteiger partial charge in [0.15, 0.2) is 0 Å². The van der Waals surface area contributed by atoms with E-state index in [0.29, 0.717) is 10.6 Å². The third-order valence-electron chi connectivity index (χ3n) is 4.90. The number of carbonyl (C=O) groups is 3. The second-order valence-corrected chi connectivity index (χ2v) is 7.62. The standard InChI is InChI=1S/C22H19ClF3N3O4/c1-2-33-21(32)18-16(19(30)28-15-5-3-4-13(10-15)22(24,25)26)17(18)20(31)29-27-11-12-6-8-14(23)9-7-12/h3-11,16-18H,2H2,1H3,(H,28,30)(H,29,31)/b27-11-/t16-,17-,18+/m0/s1. The fourth-order valence-electron chi connectivity index (χ4n) is 3.29. The highest BCUT2D eigenvalue weighted by Gasteiger charge is 2.63. The van der Waals surface area contributed by atoms with Crippen molar-refractivity contribution in [2.75, 3.05) is 11.9 Å². The largest absolute Gasteiger partial charge is 0.466 e. The van der Waals surface area contributed by atoms with Gasteiger partial charge < -0.3 is 10.1 Å². The highest BCUT2D eigenvalue weighted by atomic mass is 35.5. The van der Waals surface area contributed by atoms with Gasteiger partial charge in [-0.25, -0.2) is 5.43 Å². The summed E-state index contributed by atoms with van der Waals surface area (Å²) >= 11 is 5.80. The Labute approximate surface area is 191 Å². The molecular weight excluding hydrogens is 463 g/mol. The predicted molar refractivity (Wildman–Crippen MR) is 114 cm³/mol. The third kappa shape index (κ3) is 6.10. The van der Waals surface area contributed by atoms with E-state index in [-0.39, 0.29) is 12.3 Å². The molecule has 0 aromatic heterocycles. The van der Waals surface area contributed by atoms with Gasteiger partial charge in [-0.2, -0.15) is 18.3 Å². The first-order valence-electron chi connectivity index (χ1n) is 9.85. The molecule has 33 heavy (non-hydrogen) atoms. The van der Waals surface area contributed by atoms with E-state index in [1.165, 1.54) is 12.3 Å². The maximum atomic E-state index is 12.9. The minimum absolute atomic E-state index is 0.0420. The van der Waals surface area contributed by atoms with Gasteiger partial charge in [0.25, 0.3) is 0 Å². The van der Waals surface area contributed by atoms with E-state index < -0.39 is 47.3 Å². The van der Waals surface area contributed by atoms with Gasteiger partial charge in [-0.1, -0.05) is 29.8 Å². The molecule has 0 aliphatic heterocycles. The number of carbonyl (C=O) groups excluding carboxylic acids is 3. The number of anilines is 1. The number of hydrazone groups is 1. The molecule has 0 spiro atoms. The van der Waals surface area contributed by atoms with Crippen molar-refractivity contribution in [2.24, 2.45) is 22.9 Å². The molecule has 2 aromatic carbocycles. The molecule has 1 aliphatic rings. The van der Waals surface area contributed by atoms with Crippen LogP contribution in [0.1, 0.15) is 18.1 Å². The van der Waals surface area contributed by atoms with Gasteiger partial charge in [-0.05, 0) is 42.8 Å². The van der Waals surface area contributed by atoms with Crippen LogP contribution < -0.4 is 10.7 Å². The molecule has 3 rings (SSSR count). The van der Waals surface area contributed by atoms with Gasteiger partial charge in [0.05, 0.1) is 36.1 Å². The molecule has 1 fully saturated rings. The number of halogens is 4. The maximum Gasteiger partial charge on any atom is 0.416 e. The van der Waals surface area contributed by atoms with Crippen molar-refractivity contribution in [1.82, 2.24) is 5.43 Å². The second kappa shape index (κ2) is 10.0. The molecule has 0 bridgehead atoms. The minimum atomic E-state index is -4.59. The number of nitrogens with one attached hydrogen (secondary N) is 2. The average molecular weight is 482 g/mol. The third-order valence-corrected chi connectivity index (χ3v) is 5.15. The molecule has 2 amide bonds. The number of rotatable bonds is 7. The van der Waals surface area contributed by atoms with Gasteiger partial charge in [-0.15, -0.1) is 0 Å². The van der Waals surface area contributed by atoms with Crippen LogP contribution >= 0.6 is 11.6 Å². The molecule has 0 saturated heterocycles. The van der Waals surface area contributed by atoms with E-state index in [9.17, 15) is 27.6 Å². The van der Waals surface area contributed by atoms with Gasteiger partial charge in [0.2, 0.25) is 11.8 Å². The Bertz CT molecular complexity index is 1070. The molecule has 1 aliphatic carbocycles. The van der Waals surface area contributed by atoms with E-state index in [4.69, 9.17) is 16.3 Å². The summed E-state index contributed by atoms with van der Waals surface area (Å²) in [7, 11) is 0. The summed E-state index contributed by atoms with van der Waals surface area (Å²) in [5.74, 6) is -5.46. The van der Waals surface area contributed by atoms with Crippen LogP contribution in [0.4, 0.5) is 18.9 Å². The van der Waals surface area contributed by atoms with E-state index in [2.05, 4.69) is 15.8 Å². The molecule has 7 nitrogen and oxygen atoms in total. The van der Waals surface area contributed by atoms with E-state index in [1.54, 1.807) is 31.2 Å². The van der Waals surface area contributed by atoms with Gasteiger partial charge in [0, 0.05) is 10.7 Å². The molecule has 0 unspecified atom stereocenters. The smallest absolute Gasteiger partial charge is 0.416 e. The summed E-state index contributed by atoms with van der Waals surface area (Å²) in [5, 5.41) is 6.68. The molecule has 0 radical (unpaired) electrons. The van der Waals surface area contributed by atoms with Crippen LogP contribution in [0.3, 0.4) is 0 Å². The van der Waals surface area contributed by atoms with Gasteiger partial charge in [0.1, 0.15) is 0 Å². The van der Waals surface area contributed by atoms with Crippen molar-refractivity contribution in [3.05, 3.63) is 64.7 Å². The van der Waals surface area contributed by atoms with Crippen molar-refractivity contribution in [1.29, 1.82) is 0 Å². The summed E-state index contributed by atoms with van der Waals surface area (Å²) in [6, 6.07) is 10.7. The highest BCUT2D eigenvalue weighted by molar-refractivity contribution is 6.30. The van der Waals surface area contributed by atoms with Crippen molar-refractivity contribution in [2.45, 2.75) is 13.1 Å². The lowest BCUT2D eigenvalue weighted by atomic mass is 10.2. The first-order chi connectivity index (χ1) is 15.6. The van der Waals surface area contributed by atoms with Crippen molar-refractivity contribution >= 4 is 41.3 Å². The predicted octanol–water partition coefficient (Wildman–Crippen LogP) is 3.87. The average Bonchev–Trinajstić information content (AvgIpc) is 3.51. The number of hydrogen-bond acceptors (Lipinski definition) is 5. The zero-order valence-corrected chi connectivity index (χ0v) is 18.0. The number of benzene rings is 2. The molecule has 3 atom stereocenters. The van der Waals surface area contributed by atoms with Crippen LogP contribution in [-0.2, 0) is 25.3 Å². The molecular formula is C22H19ClF3N3O4. The Kier molecular flexibility index (Phi) is 7.37. The van der Waals surface area contributed by atoms with Crippen LogP contribution in [-0.4, -0.2) is 30.6 Å². The number of ether oxygens (including phenoxy) is 1. The molecule has 2 aromatic rings. The quantitative estimate of drug-likeness (QED) is 0.356. The monoisotopic (exact) mass is 481 g/mol. The molecule has 2 N–H and O–H groups in total. The number of esters is 1. The van der Waals surface area contributed by atoms with Gasteiger partial charge in [-0.3, -0.25) is 14.4 Å². The second-order valence-electron chi connectivity index (χ2n) is 7.18. The van der Waals surface area contributed by atoms with Crippen LogP contribution in [0.15, 0.2) is 53.6 Å². The summed E-state index contributed by atoms with van der Waals surface area (Å²) in [6.07, 6.45) is -3.23. The number of nitrogens with zero attached hydrogens (tertiary/aromatic N) is 1. The molecule has 11 heteroatoms. The van der Waals surface area contributed by atoms with Crippen molar-refractivity contribution < 1.29 is 32.3 Å². The molecule has 1 saturated carbocycles. The summed E-state index contributed by atoms with van der Waals surface area (Å²) < 4.78 is 43.7. The Morgan fingerprint density at radius 3 is 2.36 bits per heavy atom. The highest BCUT2D eigenvalue weighted by Crippen LogP contribution is 2.48. The molecule has 174 valence electrons.